The molecule has 0 amide bonds. The molecule has 0 radical (unpaired) electrons. The zero-order valence-corrected chi connectivity index (χ0v) is 11.3. The summed E-state index contributed by atoms with van der Waals surface area (Å²) in [5.74, 6) is 1.73. The summed E-state index contributed by atoms with van der Waals surface area (Å²) in [6, 6.07) is 7.32. The molecule has 1 nitrogen and oxygen atoms in total. The van der Waals surface area contributed by atoms with Gasteiger partial charge in [-0.25, -0.2) is 0 Å². The Morgan fingerprint density at radius 1 is 1.11 bits per heavy atom. The second kappa shape index (κ2) is 3.84. The van der Waals surface area contributed by atoms with Gasteiger partial charge in [-0.05, 0) is 73.0 Å². The molecule has 18 heavy (non-hydrogen) atoms. The molecule has 0 aromatic heterocycles. The van der Waals surface area contributed by atoms with E-state index in [1.54, 1.807) is 16.7 Å². The van der Waals surface area contributed by atoms with Crippen molar-refractivity contribution in [2.24, 2.45) is 5.41 Å². The highest BCUT2D eigenvalue weighted by Crippen LogP contribution is 2.50. The Morgan fingerprint density at radius 3 is 2.50 bits per heavy atom. The van der Waals surface area contributed by atoms with E-state index in [2.05, 4.69) is 30.4 Å². The van der Waals surface area contributed by atoms with Gasteiger partial charge in [0.1, 0.15) is 0 Å². The normalized spacial score (nSPS) is 29.5. The summed E-state index contributed by atoms with van der Waals surface area (Å²) in [6.45, 7) is 4.86. The lowest BCUT2D eigenvalue weighted by molar-refractivity contribution is 0.175. The molecule has 1 aromatic rings. The van der Waals surface area contributed by atoms with Gasteiger partial charge in [-0.15, -0.1) is 0 Å². The van der Waals surface area contributed by atoms with Gasteiger partial charge >= 0.3 is 0 Å². The lowest BCUT2D eigenvalue weighted by Gasteiger charge is -2.39. The van der Waals surface area contributed by atoms with Crippen molar-refractivity contribution >= 4 is 0 Å². The smallest absolute Gasteiger partial charge is 0.00204 e. The molecule has 0 bridgehead atoms. The highest BCUT2D eigenvalue weighted by molar-refractivity contribution is 5.37. The van der Waals surface area contributed by atoms with Crippen molar-refractivity contribution in [3.05, 3.63) is 34.9 Å². The molecule has 1 N–H and O–H groups in total. The zero-order valence-electron chi connectivity index (χ0n) is 11.3. The van der Waals surface area contributed by atoms with Crippen molar-refractivity contribution in [3.63, 3.8) is 0 Å². The van der Waals surface area contributed by atoms with Gasteiger partial charge in [-0.2, -0.15) is 0 Å². The molecule has 2 saturated carbocycles. The molecule has 3 aliphatic rings. The van der Waals surface area contributed by atoms with E-state index in [0.717, 1.165) is 11.8 Å². The van der Waals surface area contributed by atoms with Crippen LogP contribution in [0.4, 0.5) is 0 Å². The number of benzene rings is 1. The predicted octanol–water partition coefficient (Wildman–Crippen LogP) is 3.73. The molecule has 2 aliphatic carbocycles. The molecule has 96 valence electrons. The van der Waals surface area contributed by atoms with Gasteiger partial charge in [0.15, 0.2) is 0 Å². The van der Waals surface area contributed by atoms with E-state index >= 15 is 0 Å². The van der Waals surface area contributed by atoms with E-state index in [-0.39, 0.29) is 0 Å². The first kappa shape index (κ1) is 11.0. The second-order valence-corrected chi connectivity index (χ2v) is 6.93. The summed E-state index contributed by atoms with van der Waals surface area (Å²) in [5, 5.41) is 3.46. The molecule has 1 aliphatic heterocycles. The highest BCUT2D eigenvalue weighted by Gasteiger charge is 2.44. The number of rotatable bonds is 2. The molecule has 1 saturated heterocycles. The monoisotopic (exact) mass is 241 g/mol. The molecule has 1 heteroatoms. The Bertz CT molecular complexity index is 468. The minimum Gasteiger partial charge on any atom is -0.316 e. The van der Waals surface area contributed by atoms with Crippen LogP contribution in [-0.4, -0.2) is 13.1 Å². The molecule has 4 rings (SSSR count). The molecule has 1 heterocycles. The van der Waals surface area contributed by atoms with E-state index in [1.807, 2.05) is 0 Å². The van der Waals surface area contributed by atoms with Crippen molar-refractivity contribution in [1.29, 1.82) is 0 Å². The first-order chi connectivity index (χ1) is 8.76. The van der Waals surface area contributed by atoms with Gasteiger partial charge in [0.25, 0.3) is 0 Å². The van der Waals surface area contributed by atoms with E-state index in [0.29, 0.717) is 5.41 Å². The third kappa shape index (κ3) is 1.72. The minimum absolute atomic E-state index is 0.673. The van der Waals surface area contributed by atoms with Gasteiger partial charge < -0.3 is 5.32 Å². The van der Waals surface area contributed by atoms with Crippen molar-refractivity contribution in [2.75, 3.05) is 13.1 Å². The fourth-order valence-electron chi connectivity index (χ4n) is 4.10. The standard InChI is InChI=1S/C17H23N/c1-12-8-14(13-2-3-13)4-5-16(12)15-6-7-17(9-15)10-18-11-17/h4-5,8,13,15,18H,2-3,6-7,9-11H2,1H3. The number of hydrogen-bond acceptors (Lipinski definition) is 1. The van der Waals surface area contributed by atoms with Gasteiger partial charge in [0.2, 0.25) is 0 Å². The summed E-state index contributed by atoms with van der Waals surface area (Å²) in [6.07, 6.45) is 7.09. The Kier molecular flexibility index (Phi) is 2.35. The summed E-state index contributed by atoms with van der Waals surface area (Å²) in [7, 11) is 0. The van der Waals surface area contributed by atoms with E-state index in [1.165, 1.54) is 45.2 Å². The summed E-state index contributed by atoms with van der Waals surface area (Å²) >= 11 is 0. The van der Waals surface area contributed by atoms with Crippen LogP contribution in [0.2, 0.25) is 0 Å². The topological polar surface area (TPSA) is 12.0 Å². The molecule has 1 atom stereocenters. The summed E-state index contributed by atoms with van der Waals surface area (Å²) in [4.78, 5) is 0. The van der Waals surface area contributed by atoms with Crippen LogP contribution in [0.5, 0.6) is 0 Å². The maximum atomic E-state index is 3.46. The Hall–Kier alpha value is -0.820. The van der Waals surface area contributed by atoms with Crippen molar-refractivity contribution in [3.8, 4) is 0 Å². The van der Waals surface area contributed by atoms with Crippen LogP contribution in [0.25, 0.3) is 0 Å². The highest BCUT2D eigenvalue weighted by atomic mass is 15.0. The van der Waals surface area contributed by atoms with Gasteiger partial charge in [-0.1, -0.05) is 18.2 Å². The van der Waals surface area contributed by atoms with Crippen molar-refractivity contribution in [1.82, 2.24) is 5.32 Å². The maximum Gasteiger partial charge on any atom is 0.00204 e. The average molecular weight is 241 g/mol. The maximum absolute atomic E-state index is 3.46. The largest absolute Gasteiger partial charge is 0.316 e. The first-order valence-corrected chi connectivity index (χ1v) is 7.57. The molecule has 1 spiro atoms. The van der Waals surface area contributed by atoms with Gasteiger partial charge in [0.05, 0.1) is 0 Å². The Morgan fingerprint density at radius 2 is 1.94 bits per heavy atom. The summed E-state index contributed by atoms with van der Waals surface area (Å²) in [5.41, 5.74) is 5.46. The van der Waals surface area contributed by atoms with E-state index in [9.17, 15) is 0 Å². The van der Waals surface area contributed by atoms with Crippen LogP contribution in [0, 0.1) is 12.3 Å². The lowest BCUT2D eigenvalue weighted by Crippen LogP contribution is -2.51. The third-order valence-electron chi connectivity index (χ3n) is 5.48. The Balaban J connectivity index is 1.57. The average Bonchev–Trinajstić information content (AvgIpc) is 3.07. The fraction of sp³-hybridized carbons (Fsp3) is 0.647. The van der Waals surface area contributed by atoms with Crippen LogP contribution in [0.3, 0.4) is 0 Å². The Labute approximate surface area is 110 Å². The van der Waals surface area contributed by atoms with Crippen LogP contribution in [0.15, 0.2) is 18.2 Å². The molecule has 1 aromatic carbocycles. The zero-order chi connectivity index (χ0) is 12.2. The fourth-order valence-corrected chi connectivity index (χ4v) is 4.10. The summed E-state index contributed by atoms with van der Waals surface area (Å²) < 4.78 is 0. The number of nitrogens with one attached hydrogen (secondary N) is 1. The molecule has 1 unspecified atom stereocenters. The number of aryl methyl sites for hydroxylation is 1. The lowest BCUT2D eigenvalue weighted by atomic mass is 9.78. The predicted molar refractivity (Wildman–Crippen MR) is 75.0 cm³/mol. The quantitative estimate of drug-likeness (QED) is 0.832. The molecule has 3 fully saturated rings. The van der Waals surface area contributed by atoms with E-state index < -0.39 is 0 Å². The van der Waals surface area contributed by atoms with Crippen LogP contribution >= 0.6 is 0 Å². The van der Waals surface area contributed by atoms with Crippen molar-refractivity contribution in [2.45, 2.75) is 50.9 Å². The van der Waals surface area contributed by atoms with Crippen LogP contribution < -0.4 is 5.32 Å². The molecular weight excluding hydrogens is 218 g/mol. The van der Waals surface area contributed by atoms with E-state index in [4.69, 9.17) is 0 Å². The third-order valence-corrected chi connectivity index (χ3v) is 5.48. The van der Waals surface area contributed by atoms with Crippen LogP contribution in [0.1, 0.15) is 60.6 Å². The van der Waals surface area contributed by atoms with Crippen molar-refractivity contribution < 1.29 is 0 Å². The SMILES string of the molecule is Cc1cc(C2CC2)ccc1C1CCC2(CNC2)C1. The number of hydrogen-bond donors (Lipinski definition) is 1. The van der Waals surface area contributed by atoms with Crippen LogP contribution in [-0.2, 0) is 0 Å². The minimum atomic E-state index is 0.673. The molecular formula is C17H23N. The second-order valence-electron chi connectivity index (χ2n) is 6.93. The first-order valence-electron chi connectivity index (χ1n) is 7.57. The van der Waals surface area contributed by atoms with Gasteiger partial charge in [-0.3, -0.25) is 0 Å². The van der Waals surface area contributed by atoms with Gasteiger partial charge in [0, 0.05) is 13.1 Å².